The molecule has 0 aromatic heterocycles. The van der Waals surface area contributed by atoms with E-state index < -0.39 is 0 Å². The van der Waals surface area contributed by atoms with Crippen molar-refractivity contribution < 1.29 is 4.74 Å². The molecule has 2 nitrogen and oxygen atoms in total. The van der Waals surface area contributed by atoms with Gasteiger partial charge in [-0.3, -0.25) is 0 Å². The second-order valence-electron chi connectivity index (χ2n) is 8.16. The smallest absolute Gasteiger partial charge is 0.0806 e. The molecular weight excluding hydrogens is 246 g/mol. The summed E-state index contributed by atoms with van der Waals surface area (Å²) in [5.74, 6) is 0.831. The van der Waals surface area contributed by atoms with Gasteiger partial charge in [0.2, 0.25) is 0 Å². The Bertz CT molecular complexity index is 270. The molecule has 2 fully saturated rings. The summed E-state index contributed by atoms with van der Waals surface area (Å²) in [6.45, 7) is 8.80. The Labute approximate surface area is 126 Å². The highest BCUT2D eigenvalue weighted by Gasteiger charge is 2.34. The fourth-order valence-corrected chi connectivity index (χ4v) is 3.64. The van der Waals surface area contributed by atoms with Gasteiger partial charge < -0.3 is 10.1 Å². The summed E-state index contributed by atoms with van der Waals surface area (Å²) in [7, 11) is 0. The third-order valence-electron chi connectivity index (χ3n) is 5.06. The number of ether oxygens (including phenoxy) is 1. The average molecular weight is 281 g/mol. The fraction of sp³-hybridized carbons (Fsp3) is 1.00. The average Bonchev–Trinajstić information content (AvgIpc) is 2.45. The molecule has 0 atom stereocenters. The Morgan fingerprint density at radius 3 is 2.15 bits per heavy atom. The number of rotatable bonds is 5. The van der Waals surface area contributed by atoms with Crippen molar-refractivity contribution in [2.24, 2.45) is 5.92 Å². The molecule has 1 N–H and O–H groups in total. The molecule has 118 valence electrons. The molecule has 0 amide bonds. The second-order valence-corrected chi connectivity index (χ2v) is 8.16. The molecule has 0 heterocycles. The van der Waals surface area contributed by atoms with E-state index in [-0.39, 0.29) is 11.1 Å². The van der Waals surface area contributed by atoms with Gasteiger partial charge in [-0.2, -0.15) is 0 Å². The van der Waals surface area contributed by atoms with E-state index in [0.717, 1.165) is 19.1 Å². The maximum absolute atomic E-state index is 6.54. The number of hydrogen-bond donors (Lipinski definition) is 1. The topological polar surface area (TPSA) is 21.3 Å². The maximum Gasteiger partial charge on any atom is 0.0806 e. The van der Waals surface area contributed by atoms with Crippen LogP contribution in [-0.4, -0.2) is 24.3 Å². The molecule has 2 saturated carbocycles. The molecule has 0 unspecified atom stereocenters. The molecular formula is C18H35NO. The molecule has 0 bridgehead atoms. The lowest BCUT2D eigenvalue weighted by molar-refractivity contribution is -0.0874. The first-order chi connectivity index (χ1) is 9.49. The van der Waals surface area contributed by atoms with Gasteiger partial charge in [0.15, 0.2) is 0 Å². The summed E-state index contributed by atoms with van der Waals surface area (Å²) in [4.78, 5) is 0. The summed E-state index contributed by atoms with van der Waals surface area (Å²) in [5.41, 5.74) is 0.321. The van der Waals surface area contributed by atoms with Crippen molar-refractivity contribution in [2.45, 2.75) is 96.1 Å². The first kappa shape index (κ1) is 16.3. The monoisotopic (exact) mass is 281 g/mol. The van der Waals surface area contributed by atoms with Crippen LogP contribution in [0.2, 0.25) is 0 Å². The van der Waals surface area contributed by atoms with Gasteiger partial charge in [0.25, 0.3) is 0 Å². The van der Waals surface area contributed by atoms with Gasteiger partial charge in [0.05, 0.1) is 12.2 Å². The molecule has 0 aromatic carbocycles. The van der Waals surface area contributed by atoms with Crippen molar-refractivity contribution in [3.63, 3.8) is 0 Å². The molecule has 2 heteroatoms. The van der Waals surface area contributed by atoms with E-state index in [1.54, 1.807) is 0 Å². The highest BCUT2D eigenvalue weighted by Crippen LogP contribution is 2.33. The summed E-state index contributed by atoms with van der Waals surface area (Å²) in [5, 5.41) is 3.70. The van der Waals surface area contributed by atoms with Crippen LogP contribution in [0.4, 0.5) is 0 Å². The third-order valence-corrected chi connectivity index (χ3v) is 5.06. The molecule has 0 aliphatic heterocycles. The molecule has 0 spiro atoms. The van der Waals surface area contributed by atoms with Crippen molar-refractivity contribution in [2.75, 3.05) is 13.2 Å². The van der Waals surface area contributed by atoms with Crippen molar-refractivity contribution in [3.05, 3.63) is 0 Å². The Morgan fingerprint density at radius 2 is 1.55 bits per heavy atom. The first-order valence-electron chi connectivity index (χ1n) is 8.88. The molecule has 2 aliphatic rings. The Hall–Kier alpha value is -0.0800. The highest BCUT2D eigenvalue weighted by atomic mass is 16.5. The minimum atomic E-state index is 0.128. The zero-order valence-electron chi connectivity index (χ0n) is 14.0. The van der Waals surface area contributed by atoms with Crippen LogP contribution in [0.15, 0.2) is 0 Å². The second kappa shape index (κ2) is 7.26. The summed E-state index contributed by atoms with van der Waals surface area (Å²) in [6, 6.07) is 0. The molecule has 0 radical (unpaired) electrons. The lowest BCUT2D eigenvalue weighted by Crippen LogP contribution is -2.50. The van der Waals surface area contributed by atoms with E-state index in [4.69, 9.17) is 4.74 Å². The Balaban J connectivity index is 1.85. The van der Waals surface area contributed by atoms with Gasteiger partial charge in [0.1, 0.15) is 0 Å². The van der Waals surface area contributed by atoms with E-state index >= 15 is 0 Å². The van der Waals surface area contributed by atoms with E-state index in [1.165, 1.54) is 64.2 Å². The predicted molar refractivity (Wildman–Crippen MR) is 86.1 cm³/mol. The lowest BCUT2D eigenvalue weighted by atomic mass is 9.83. The minimum Gasteiger partial charge on any atom is -0.373 e. The van der Waals surface area contributed by atoms with E-state index in [0.29, 0.717) is 0 Å². The highest BCUT2D eigenvalue weighted by molar-refractivity contribution is 4.89. The van der Waals surface area contributed by atoms with E-state index in [1.807, 2.05) is 0 Å². The standard InChI is InChI=1S/C18H35NO/c1-17(2,3)19-15-18(12-8-5-9-13-18)20-14-16-10-6-4-7-11-16/h16,19H,4-15H2,1-3H3. The van der Waals surface area contributed by atoms with Crippen LogP contribution in [0, 0.1) is 5.92 Å². The zero-order valence-corrected chi connectivity index (χ0v) is 14.0. The largest absolute Gasteiger partial charge is 0.373 e. The molecule has 20 heavy (non-hydrogen) atoms. The minimum absolute atomic E-state index is 0.128. The van der Waals surface area contributed by atoms with E-state index in [2.05, 4.69) is 26.1 Å². The summed E-state index contributed by atoms with van der Waals surface area (Å²) >= 11 is 0. The van der Waals surface area contributed by atoms with Gasteiger partial charge in [0, 0.05) is 12.1 Å². The van der Waals surface area contributed by atoms with Gasteiger partial charge in [-0.25, -0.2) is 0 Å². The zero-order chi connectivity index (χ0) is 14.5. The Kier molecular flexibility index (Phi) is 5.92. The lowest BCUT2D eigenvalue weighted by Gasteiger charge is -2.41. The van der Waals surface area contributed by atoms with Crippen molar-refractivity contribution in [1.29, 1.82) is 0 Å². The van der Waals surface area contributed by atoms with Gasteiger partial charge in [-0.05, 0) is 52.4 Å². The van der Waals surface area contributed by atoms with Gasteiger partial charge >= 0.3 is 0 Å². The van der Waals surface area contributed by atoms with Crippen LogP contribution in [-0.2, 0) is 4.74 Å². The maximum atomic E-state index is 6.54. The van der Waals surface area contributed by atoms with Crippen LogP contribution in [0.25, 0.3) is 0 Å². The van der Waals surface area contributed by atoms with Crippen molar-refractivity contribution in [3.8, 4) is 0 Å². The molecule has 0 saturated heterocycles. The van der Waals surface area contributed by atoms with Crippen LogP contribution in [0.3, 0.4) is 0 Å². The Morgan fingerprint density at radius 1 is 0.950 bits per heavy atom. The van der Waals surface area contributed by atoms with Gasteiger partial charge in [-0.15, -0.1) is 0 Å². The quantitative estimate of drug-likeness (QED) is 0.790. The predicted octanol–water partition coefficient (Wildman–Crippen LogP) is 4.67. The van der Waals surface area contributed by atoms with E-state index in [9.17, 15) is 0 Å². The first-order valence-corrected chi connectivity index (χ1v) is 8.88. The van der Waals surface area contributed by atoms with Crippen LogP contribution >= 0.6 is 0 Å². The fourth-order valence-electron chi connectivity index (χ4n) is 3.64. The number of hydrogen-bond acceptors (Lipinski definition) is 2. The van der Waals surface area contributed by atoms with Crippen molar-refractivity contribution >= 4 is 0 Å². The van der Waals surface area contributed by atoms with Gasteiger partial charge in [-0.1, -0.05) is 38.5 Å². The molecule has 2 rings (SSSR count). The number of nitrogens with one attached hydrogen (secondary N) is 1. The van der Waals surface area contributed by atoms with Crippen molar-refractivity contribution in [1.82, 2.24) is 5.32 Å². The molecule has 2 aliphatic carbocycles. The molecule has 0 aromatic rings. The summed E-state index contributed by atoms with van der Waals surface area (Å²) in [6.07, 6.45) is 13.6. The normalized spacial score (nSPS) is 24.8. The van der Waals surface area contributed by atoms with Crippen LogP contribution in [0.1, 0.15) is 85.0 Å². The summed E-state index contributed by atoms with van der Waals surface area (Å²) < 4.78 is 6.54. The SMILES string of the molecule is CC(C)(C)NCC1(OCC2CCCCC2)CCCCC1. The third kappa shape index (κ3) is 5.37. The van der Waals surface area contributed by atoms with Crippen LogP contribution in [0.5, 0.6) is 0 Å². The van der Waals surface area contributed by atoms with Crippen LogP contribution < -0.4 is 5.32 Å².